The summed E-state index contributed by atoms with van der Waals surface area (Å²) in [6.07, 6.45) is 0. The minimum absolute atomic E-state index is 0.0795. The first-order chi connectivity index (χ1) is 9.65. The van der Waals surface area contributed by atoms with E-state index >= 15 is 0 Å². The van der Waals surface area contributed by atoms with Gasteiger partial charge in [-0.25, -0.2) is 0 Å². The van der Waals surface area contributed by atoms with E-state index in [9.17, 15) is 4.79 Å². The quantitative estimate of drug-likeness (QED) is 0.553. The molecule has 0 unspecified atom stereocenters. The first-order valence-electron chi connectivity index (χ1n) is 6.54. The van der Waals surface area contributed by atoms with Crippen LogP contribution in [0.4, 0.5) is 5.69 Å². The Morgan fingerprint density at radius 1 is 1.35 bits per heavy atom. The van der Waals surface area contributed by atoms with Gasteiger partial charge in [-0.15, -0.1) is 0 Å². The molecular weight excluding hydrogens is 280 g/mol. The Labute approximate surface area is 123 Å². The van der Waals surface area contributed by atoms with Crippen LogP contribution in [0.2, 0.25) is 5.02 Å². The molecule has 0 spiro atoms. The van der Waals surface area contributed by atoms with Gasteiger partial charge in [-0.1, -0.05) is 11.6 Å². The van der Waals surface area contributed by atoms with Gasteiger partial charge in [0.2, 0.25) is 0 Å². The molecule has 0 aromatic heterocycles. The Morgan fingerprint density at radius 3 is 2.65 bits per heavy atom. The molecule has 20 heavy (non-hydrogen) atoms. The minimum atomic E-state index is -0.0795. The van der Waals surface area contributed by atoms with E-state index in [1.165, 1.54) is 0 Å². The summed E-state index contributed by atoms with van der Waals surface area (Å²) in [5, 5.41) is 9.42. The van der Waals surface area contributed by atoms with Gasteiger partial charge in [0.15, 0.2) is 0 Å². The number of β-amino-alcohol motifs (C(OH)–C–C–N with tert-alkyl or cyclic N) is 1. The van der Waals surface area contributed by atoms with Crippen LogP contribution in [0.25, 0.3) is 0 Å². The van der Waals surface area contributed by atoms with Gasteiger partial charge in [0, 0.05) is 37.7 Å². The number of nitrogen functional groups attached to an aromatic ring is 1. The topological polar surface area (TPSA) is 81.8 Å². The predicted molar refractivity (Wildman–Crippen MR) is 78.7 cm³/mol. The molecule has 0 atom stereocenters. The van der Waals surface area contributed by atoms with E-state index in [0.717, 1.165) is 13.1 Å². The van der Waals surface area contributed by atoms with Crippen LogP contribution in [0, 0.1) is 0 Å². The van der Waals surface area contributed by atoms with E-state index < -0.39 is 0 Å². The Bertz CT molecular complexity index is 475. The third-order valence-corrected chi connectivity index (χ3v) is 3.68. The van der Waals surface area contributed by atoms with Crippen molar-refractivity contribution in [3.63, 3.8) is 0 Å². The zero-order valence-electron chi connectivity index (χ0n) is 11.2. The molecule has 0 radical (unpaired) electrons. The van der Waals surface area contributed by atoms with Crippen LogP contribution in [0.15, 0.2) is 18.2 Å². The molecule has 1 aromatic rings. The van der Waals surface area contributed by atoms with Crippen molar-refractivity contribution in [2.24, 2.45) is 5.84 Å². The number of aliphatic hydroxyl groups excluding tert-OH is 1. The minimum Gasteiger partial charge on any atom is -0.395 e. The van der Waals surface area contributed by atoms with Crippen LogP contribution >= 0.6 is 11.6 Å². The number of benzene rings is 1. The molecule has 4 N–H and O–H groups in total. The van der Waals surface area contributed by atoms with Crippen molar-refractivity contribution in [2.75, 3.05) is 44.8 Å². The number of nitrogens with zero attached hydrogens (tertiary/aromatic N) is 2. The number of rotatable bonds is 4. The lowest BCUT2D eigenvalue weighted by atomic mass is 10.1. The van der Waals surface area contributed by atoms with Gasteiger partial charge in [0.05, 0.1) is 17.9 Å². The van der Waals surface area contributed by atoms with E-state index in [2.05, 4.69) is 10.3 Å². The second-order valence-electron chi connectivity index (χ2n) is 4.69. The molecule has 0 bridgehead atoms. The summed E-state index contributed by atoms with van der Waals surface area (Å²) in [5.74, 6) is 5.35. The number of hydrogen-bond donors (Lipinski definition) is 3. The number of hydrazine groups is 1. The number of hydrogen-bond acceptors (Lipinski definition) is 5. The number of nitrogens with one attached hydrogen (secondary N) is 1. The predicted octanol–water partition coefficient (Wildman–Crippen LogP) is 0.376. The molecule has 2 rings (SSSR count). The van der Waals surface area contributed by atoms with Crippen molar-refractivity contribution in [1.29, 1.82) is 0 Å². The van der Waals surface area contributed by atoms with Crippen molar-refractivity contribution in [1.82, 2.24) is 9.80 Å². The highest BCUT2D eigenvalue weighted by atomic mass is 35.5. The second kappa shape index (κ2) is 6.90. The van der Waals surface area contributed by atoms with Crippen molar-refractivity contribution < 1.29 is 9.90 Å². The average molecular weight is 299 g/mol. The van der Waals surface area contributed by atoms with Crippen LogP contribution in [0.1, 0.15) is 10.4 Å². The van der Waals surface area contributed by atoms with E-state index in [-0.39, 0.29) is 12.5 Å². The zero-order valence-corrected chi connectivity index (χ0v) is 11.9. The Morgan fingerprint density at radius 2 is 2.05 bits per heavy atom. The van der Waals surface area contributed by atoms with Crippen LogP contribution in [0.5, 0.6) is 0 Å². The first kappa shape index (κ1) is 15.1. The third-order valence-electron chi connectivity index (χ3n) is 3.44. The Balaban J connectivity index is 2.07. The molecule has 1 amide bonds. The van der Waals surface area contributed by atoms with E-state index in [1.807, 2.05) is 0 Å². The lowest BCUT2D eigenvalue weighted by Crippen LogP contribution is -2.49. The molecule has 1 aromatic carbocycles. The lowest BCUT2D eigenvalue weighted by Gasteiger charge is -2.34. The van der Waals surface area contributed by atoms with Crippen molar-refractivity contribution in [3.8, 4) is 0 Å². The van der Waals surface area contributed by atoms with E-state index in [1.54, 1.807) is 23.1 Å². The highest BCUT2D eigenvalue weighted by Crippen LogP contribution is 2.22. The summed E-state index contributed by atoms with van der Waals surface area (Å²) < 4.78 is 0. The smallest absolute Gasteiger partial charge is 0.256 e. The molecule has 1 aliphatic heterocycles. The maximum Gasteiger partial charge on any atom is 0.256 e. The van der Waals surface area contributed by atoms with Crippen molar-refractivity contribution in [3.05, 3.63) is 28.8 Å². The maximum absolute atomic E-state index is 12.5. The highest BCUT2D eigenvalue weighted by Gasteiger charge is 2.23. The fraction of sp³-hybridized carbons (Fsp3) is 0.462. The Kier molecular flexibility index (Phi) is 5.19. The van der Waals surface area contributed by atoms with Gasteiger partial charge in [0.25, 0.3) is 5.91 Å². The van der Waals surface area contributed by atoms with Gasteiger partial charge in [-0.05, 0) is 18.2 Å². The van der Waals surface area contributed by atoms with Gasteiger partial charge >= 0.3 is 0 Å². The number of halogens is 1. The number of nitrogens with two attached hydrogens (primary N) is 1. The average Bonchev–Trinajstić information content (AvgIpc) is 2.47. The number of piperazine rings is 1. The molecule has 110 valence electrons. The standard InChI is InChI=1S/C13H19ClN4O2/c14-10-1-2-12(16-15)11(9-10)13(20)18-5-3-17(4-6-18)7-8-19/h1-2,9,16,19H,3-8,15H2. The van der Waals surface area contributed by atoms with E-state index in [4.69, 9.17) is 22.6 Å². The molecule has 1 aliphatic rings. The fourth-order valence-corrected chi connectivity index (χ4v) is 2.48. The van der Waals surface area contributed by atoms with Gasteiger partial charge in [0.1, 0.15) is 0 Å². The summed E-state index contributed by atoms with van der Waals surface area (Å²) in [7, 11) is 0. The number of aliphatic hydroxyl groups is 1. The highest BCUT2D eigenvalue weighted by molar-refractivity contribution is 6.31. The SMILES string of the molecule is NNc1ccc(Cl)cc1C(=O)N1CCN(CCO)CC1. The number of carbonyl (C=O) groups is 1. The molecule has 6 nitrogen and oxygen atoms in total. The van der Waals surface area contributed by atoms with Gasteiger partial charge in [-0.2, -0.15) is 0 Å². The van der Waals surface area contributed by atoms with Gasteiger partial charge < -0.3 is 15.4 Å². The number of anilines is 1. The molecular formula is C13H19ClN4O2. The Hall–Kier alpha value is -1.34. The van der Waals surface area contributed by atoms with Crippen molar-refractivity contribution >= 4 is 23.2 Å². The monoisotopic (exact) mass is 298 g/mol. The molecule has 1 fully saturated rings. The normalized spacial score (nSPS) is 16.2. The maximum atomic E-state index is 12.5. The second-order valence-corrected chi connectivity index (χ2v) is 5.13. The van der Waals surface area contributed by atoms with Crippen LogP contribution in [0.3, 0.4) is 0 Å². The zero-order chi connectivity index (χ0) is 14.5. The summed E-state index contributed by atoms with van der Waals surface area (Å²) in [6, 6.07) is 5.00. The number of carbonyl (C=O) groups excluding carboxylic acids is 1. The summed E-state index contributed by atoms with van der Waals surface area (Å²) in [6.45, 7) is 3.58. The summed E-state index contributed by atoms with van der Waals surface area (Å²) >= 11 is 5.95. The lowest BCUT2D eigenvalue weighted by molar-refractivity contribution is 0.0616. The largest absolute Gasteiger partial charge is 0.395 e. The first-order valence-corrected chi connectivity index (χ1v) is 6.92. The molecule has 0 aliphatic carbocycles. The van der Waals surface area contributed by atoms with Crippen LogP contribution in [-0.4, -0.2) is 60.1 Å². The molecule has 0 saturated carbocycles. The van der Waals surface area contributed by atoms with Gasteiger partial charge in [-0.3, -0.25) is 15.5 Å². The van der Waals surface area contributed by atoms with Crippen molar-refractivity contribution in [2.45, 2.75) is 0 Å². The molecule has 1 saturated heterocycles. The number of amides is 1. The molecule has 7 heteroatoms. The summed E-state index contributed by atoms with van der Waals surface area (Å²) in [4.78, 5) is 16.4. The fourth-order valence-electron chi connectivity index (χ4n) is 2.31. The summed E-state index contributed by atoms with van der Waals surface area (Å²) in [5.41, 5.74) is 3.57. The third kappa shape index (κ3) is 3.40. The van der Waals surface area contributed by atoms with Crippen LogP contribution < -0.4 is 11.3 Å². The van der Waals surface area contributed by atoms with E-state index in [0.29, 0.717) is 35.9 Å². The van der Waals surface area contributed by atoms with Crippen LogP contribution in [-0.2, 0) is 0 Å². The molecule has 1 heterocycles.